The molecular formula is C21H32N4OS. The van der Waals surface area contributed by atoms with E-state index in [-0.39, 0.29) is 0 Å². The highest BCUT2D eigenvalue weighted by atomic mass is 32.1. The van der Waals surface area contributed by atoms with E-state index in [0.29, 0.717) is 6.54 Å². The van der Waals surface area contributed by atoms with E-state index in [4.69, 9.17) is 0 Å². The molecule has 27 heavy (non-hydrogen) atoms. The molecule has 1 aromatic heterocycles. The molecule has 148 valence electrons. The van der Waals surface area contributed by atoms with Gasteiger partial charge >= 0.3 is 0 Å². The van der Waals surface area contributed by atoms with E-state index in [1.807, 2.05) is 37.4 Å². The van der Waals surface area contributed by atoms with Crippen molar-refractivity contribution in [3.8, 4) is 0 Å². The molecular weight excluding hydrogens is 356 g/mol. The highest BCUT2D eigenvalue weighted by molar-refractivity contribution is 7.10. The lowest BCUT2D eigenvalue weighted by Crippen LogP contribution is -2.39. The van der Waals surface area contributed by atoms with E-state index >= 15 is 0 Å². The van der Waals surface area contributed by atoms with Crippen LogP contribution in [-0.4, -0.2) is 49.2 Å². The minimum absolute atomic E-state index is 0.330. The molecule has 0 amide bonds. The van der Waals surface area contributed by atoms with Crippen LogP contribution in [0.4, 0.5) is 0 Å². The molecule has 3 N–H and O–H groups in total. The molecule has 0 aliphatic carbocycles. The molecule has 5 nitrogen and oxygen atoms in total. The lowest BCUT2D eigenvalue weighted by atomic mass is 10.1. The van der Waals surface area contributed by atoms with Crippen molar-refractivity contribution >= 4 is 17.3 Å². The van der Waals surface area contributed by atoms with Gasteiger partial charge < -0.3 is 20.6 Å². The molecule has 2 aromatic rings. The van der Waals surface area contributed by atoms with Gasteiger partial charge in [0.1, 0.15) is 5.60 Å². The number of rotatable bonds is 10. The molecule has 0 spiro atoms. The van der Waals surface area contributed by atoms with Gasteiger partial charge in [-0.25, -0.2) is 4.99 Å². The second-order valence-corrected chi connectivity index (χ2v) is 7.90. The van der Waals surface area contributed by atoms with Gasteiger partial charge in [-0.1, -0.05) is 36.4 Å². The number of guanidine groups is 1. The highest BCUT2D eigenvalue weighted by Gasteiger charge is 2.23. The Labute approximate surface area is 167 Å². The van der Waals surface area contributed by atoms with Crippen LogP contribution in [0.25, 0.3) is 0 Å². The van der Waals surface area contributed by atoms with Crippen LogP contribution in [0.15, 0.2) is 52.8 Å². The summed E-state index contributed by atoms with van der Waals surface area (Å²) >= 11 is 1.55. The van der Waals surface area contributed by atoms with Crippen LogP contribution >= 0.6 is 11.3 Å². The van der Waals surface area contributed by atoms with E-state index < -0.39 is 5.60 Å². The predicted molar refractivity (Wildman–Crippen MR) is 115 cm³/mol. The van der Waals surface area contributed by atoms with Gasteiger partial charge in [0.25, 0.3) is 0 Å². The summed E-state index contributed by atoms with van der Waals surface area (Å²) in [7, 11) is 2.14. The molecule has 1 aromatic carbocycles. The maximum Gasteiger partial charge on any atom is 0.191 e. The molecule has 0 fully saturated rings. The Morgan fingerprint density at radius 1 is 1.19 bits per heavy atom. The Balaban J connectivity index is 1.75. The van der Waals surface area contributed by atoms with Gasteiger partial charge in [0, 0.05) is 24.5 Å². The Morgan fingerprint density at radius 3 is 2.63 bits per heavy atom. The van der Waals surface area contributed by atoms with Crippen LogP contribution in [0.1, 0.15) is 30.7 Å². The van der Waals surface area contributed by atoms with Gasteiger partial charge in [0.2, 0.25) is 0 Å². The summed E-state index contributed by atoms with van der Waals surface area (Å²) in [5.74, 6) is 0.750. The molecule has 0 saturated carbocycles. The first-order chi connectivity index (χ1) is 13.0. The van der Waals surface area contributed by atoms with Gasteiger partial charge in [-0.05, 0) is 50.9 Å². The first kappa shape index (κ1) is 21.4. The molecule has 6 heteroatoms. The van der Waals surface area contributed by atoms with Crippen LogP contribution in [0, 0.1) is 0 Å². The standard InChI is InChI=1S/C21H32N4OS/c1-4-22-20(24-17-21(2,26)19-12-8-15-27-19)23-13-9-14-25(3)16-18-10-6-5-7-11-18/h5-8,10-12,15,26H,4,9,13-14,16-17H2,1-3H3,(H2,22,23,24). The number of nitrogens with one attached hydrogen (secondary N) is 2. The number of thiophene rings is 1. The number of hydrogen-bond acceptors (Lipinski definition) is 4. The second kappa shape index (κ2) is 11.1. The average molecular weight is 389 g/mol. The zero-order chi connectivity index (χ0) is 19.5. The molecule has 1 heterocycles. The zero-order valence-electron chi connectivity index (χ0n) is 16.6. The predicted octanol–water partition coefficient (Wildman–Crippen LogP) is 3.03. The van der Waals surface area contributed by atoms with E-state index in [0.717, 1.165) is 43.4 Å². The maximum atomic E-state index is 10.6. The Morgan fingerprint density at radius 2 is 1.96 bits per heavy atom. The zero-order valence-corrected chi connectivity index (χ0v) is 17.4. The summed E-state index contributed by atoms with van der Waals surface area (Å²) in [6.45, 7) is 7.78. The lowest BCUT2D eigenvalue weighted by Gasteiger charge is -2.21. The Hall–Kier alpha value is -1.89. The van der Waals surface area contributed by atoms with Crippen LogP contribution in [-0.2, 0) is 12.1 Å². The molecule has 0 saturated heterocycles. The number of aliphatic hydroxyl groups is 1. The average Bonchev–Trinajstić information content (AvgIpc) is 3.20. The third-order valence-corrected chi connectivity index (χ3v) is 5.37. The summed E-state index contributed by atoms with van der Waals surface area (Å²) in [4.78, 5) is 7.82. The molecule has 1 unspecified atom stereocenters. The summed E-state index contributed by atoms with van der Waals surface area (Å²) in [6.07, 6.45) is 1.02. The number of nitrogens with zero attached hydrogens (tertiary/aromatic N) is 2. The van der Waals surface area contributed by atoms with E-state index in [1.54, 1.807) is 11.3 Å². The van der Waals surface area contributed by atoms with Crippen LogP contribution in [0.5, 0.6) is 0 Å². The normalized spacial score (nSPS) is 14.2. The van der Waals surface area contributed by atoms with Crippen molar-refractivity contribution in [1.29, 1.82) is 0 Å². The van der Waals surface area contributed by atoms with Crippen molar-refractivity contribution in [2.75, 3.05) is 33.2 Å². The fourth-order valence-corrected chi connectivity index (χ4v) is 3.55. The lowest BCUT2D eigenvalue weighted by molar-refractivity contribution is 0.0711. The summed E-state index contributed by atoms with van der Waals surface area (Å²) in [6, 6.07) is 14.4. The Kier molecular flexibility index (Phi) is 8.78. The third kappa shape index (κ3) is 7.71. The van der Waals surface area contributed by atoms with Crippen molar-refractivity contribution in [3.63, 3.8) is 0 Å². The highest BCUT2D eigenvalue weighted by Crippen LogP contribution is 2.25. The van der Waals surface area contributed by atoms with Gasteiger partial charge in [0.05, 0.1) is 6.54 Å². The summed E-state index contributed by atoms with van der Waals surface area (Å²) in [5.41, 5.74) is 0.394. The van der Waals surface area contributed by atoms with Gasteiger partial charge in [0.15, 0.2) is 5.96 Å². The molecule has 2 rings (SSSR count). The SMILES string of the molecule is CCNC(=NCC(C)(O)c1cccs1)NCCCN(C)Cc1ccccc1. The van der Waals surface area contributed by atoms with E-state index in [1.165, 1.54) is 5.56 Å². The topological polar surface area (TPSA) is 59.9 Å². The molecule has 1 atom stereocenters. The number of benzene rings is 1. The Bertz CT molecular complexity index is 671. The third-order valence-electron chi connectivity index (χ3n) is 4.25. The van der Waals surface area contributed by atoms with Crippen molar-refractivity contribution in [1.82, 2.24) is 15.5 Å². The van der Waals surface area contributed by atoms with Crippen molar-refractivity contribution in [2.45, 2.75) is 32.4 Å². The minimum atomic E-state index is -0.938. The fourth-order valence-electron chi connectivity index (χ4n) is 2.77. The molecule has 0 radical (unpaired) electrons. The van der Waals surface area contributed by atoms with Crippen LogP contribution < -0.4 is 10.6 Å². The largest absolute Gasteiger partial charge is 0.383 e. The minimum Gasteiger partial charge on any atom is -0.383 e. The van der Waals surface area contributed by atoms with E-state index in [2.05, 4.69) is 51.8 Å². The van der Waals surface area contributed by atoms with Crippen molar-refractivity contribution < 1.29 is 5.11 Å². The smallest absolute Gasteiger partial charge is 0.191 e. The maximum absolute atomic E-state index is 10.6. The fraction of sp³-hybridized carbons (Fsp3) is 0.476. The molecule has 0 aliphatic rings. The number of hydrogen-bond donors (Lipinski definition) is 3. The van der Waals surface area contributed by atoms with Crippen LogP contribution in [0.3, 0.4) is 0 Å². The van der Waals surface area contributed by atoms with Crippen molar-refractivity contribution in [3.05, 3.63) is 58.3 Å². The van der Waals surface area contributed by atoms with Crippen molar-refractivity contribution in [2.24, 2.45) is 4.99 Å². The second-order valence-electron chi connectivity index (χ2n) is 6.95. The van der Waals surface area contributed by atoms with Crippen LogP contribution in [0.2, 0.25) is 0 Å². The van der Waals surface area contributed by atoms with E-state index in [9.17, 15) is 5.11 Å². The van der Waals surface area contributed by atoms with Gasteiger partial charge in [-0.2, -0.15) is 0 Å². The molecule has 0 aliphatic heterocycles. The summed E-state index contributed by atoms with van der Waals surface area (Å²) in [5, 5.41) is 19.2. The first-order valence-corrected chi connectivity index (χ1v) is 10.4. The number of aliphatic imine (C=N–C) groups is 1. The van der Waals surface area contributed by atoms with Gasteiger partial charge in [-0.3, -0.25) is 0 Å². The first-order valence-electron chi connectivity index (χ1n) is 9.52. The monoisotopic (exact) mass is 388 g/mol. The van der Waals surface area contributed by atoms with Gasteiger partial charge in [-0.15, -0.1) is 11.3 Å². The summed E-state index contributed by atoms with van der Waals surface area (Å²) < 4.78 is 0. The quantitative estimate of drug-likeness (QED) is 0.333. The molecule has 0 bridgehead atoms.